The summed E-state index contributed by atoms with van der Waals surface area (Å²) < 4.78 is 15.5. The highest BCUT2D eigenvalue weighted by Gasteiger charge is 2.51. The monoisotopic (exact) mass is 556 g/mol. The first-order chi connectivity index (χ1) is 18.1. The number of carbonyl (C=O) groups excluding carboxylic acids is 5. The number of rotatable bonds is 6. The molecule has 2 aliphatic heterocycles. The molecule has 0 aromatic carbocycles. The van der Waals surface area contributed by atoms with Gasteiger partial charge in [-0.05, 0) is 73.4 Å². The molecule has 2 fully saturated rings. The smallest absolute Gasteiger partial charge is 0.410 e. The van der Waals surface area contributed by atoms with E-state index in [0.717, 1.165) is 0 Å². The third-order valence-electron chi connectivity index (χ3n) is 6.69. The van der Waals surface area contributed by atoms with Crippen LogP contribution in [-0.2, 0) is 33.4 Å². The number of amides is 3. The second-order valence-electron chi connectivity index (χ2n) is 11.2. The number of nitrogens with zero attached hydrogens (tertiary/aromatic N) is 3. The highest BCUT2D eigenvalue weighted by Crippen LogP contribution is 2.35. The van der Waals surface area contributed by atoms with Gasteiger partial charge in [-0.15, -0.1) is 0 Å². The maximum absolute atomic E-state index is 12.5. The van der Waals surface area contributed by atoms with E-state index in [2.05, 4.69) is 5.32 Å². The molecule has 0 aromatic rings. The lowest BCUT2D eigenvalue weighted by atomic mass is 9.77. The predicted octanol–water partition coefficient (Wildman–Crippen LogP) is 1.66. The normalized spacial score (nSPS) is 18.0. The zero-order chi connectivity index (χ0) is 30.0. The number of hydrogen-bond donors (Lipinski definition) is 1. The molecule has 12 nitrogen and oxygen atoms in total. The lowest BCUT2D eigenvalue weighted by molar-refractivity contribution is -0.168. The molecule has 0 aliphatic carbocycles. The predicted molar refractivity (Wildman–Crippen MR) is 145 cm³/mol. The number of esters is 2. The summed E-state index contributed by atoms with van der Waals surface area (Å²) in [6.45, 7) is 11.3. The van der Waals surface area contributed by atoms with Gasteiger partial charge in [0.15, 0.2) is 0 Å². The average molecular weight is 557 g/mol. The molecule has 0 aromatic heterocycles. The summed E-state index contributed by atoms with van der Waals surface area (Å²) >= 11 is 0. The molecule has 0 bridgehead atoms. The summed E-state index contributed by atoms with van der Waals surface area (Å²) in [6, 6.07) is 0. The molecule has 0 atom stereocenters. The fourth-order valence-electron chi connectivity index (χ4n) is 4.66. The van der Waals surface area contributed by atoms with Crippen LogP contribution in [0.2, 0.25) is 0 Å². The number of carbonyl (C=O) groups is 5. The molecule has 1 N–H and O–H groups in total. The first kappa shape index (κ1) is 34.1. The van der Waals surface area contributed by atoms with Crippen LogP contribution in [0.1, 0.15) is 60.3 Å². The van der Waals surface area contributed by atoms with E-state index in [9.17, 15) is 24.0 Å². The van der Waals surface area contributed by atoms with Crippen molar-refractivity contribution in [3.05, 3.63) is 0 Å². The van der Waals surface area contributed by atoms with Gasteiger partial charge in [-0.1, -0.05) is 0 Å². The van der Waals surface area contributed by atoms with Gasteiger partial charge < -0.3 is 34.2 Å². The standard InChI is InChI=1S/C16H28N2O5.C11H20N2O3/c1-7-22-13(20)16(12(19)17(5)6)8-10-18(11-9-16)14(21)23-15(2,3)4;1-4-16-10(15)11(9(14)13(2)3)5-7-12-8-6-11/h7-11H2,1-6H3;12H,4-8H2,1-3H3. The molecular weight excluding hydrogens is 508 g/mol. The maximum Gasteiger partial charge on any atom is 0.410 e. The van der Waals surface area contributed by atoms with Crippen molar-refractivity contribution in [2.75, 3.05) is 67.6 Å². The molecular formula is C27H48N4O8. The molecule has 0 spiro atoms. The number of piperidine rings is 2. The van der Waals surface area contributed by atoms with Gasteiger partial charge in [0.05, 0.1) is 13.2 Å². The van der Waals surface area contributed by atoms with Crippen molar-refractivity contribution in [3.63, 3.8) is 0 Å². The van der Waals surface area contributed by atoms with Crippen molar-refractivity contribution >= 4 is 29.8 Å². The Balaban J connectivity index is 0.000000416. The molecule has 0 unspecified atom stereocenters. The Kier molecular flexibility index (Phi) is 12.7. The van der Waals surface area contributed by atoms with Crippen LogP contribution in [0.25, 0.3) is 0 Å². The molecule has 39 heavy (non-hydrogen) atoms. The van der Waals surface area contributed by atoms with Gasteiger partial charge in [-0.3, -0.25) is 19.2 Å². The second kappa shape index (κ2) is 14.5. The molecule has 0 radical (unpaired) electrons. The van der Waals surface area contributed by atoms with Crippen LogP contribution in [-0.4, -0.2) is 118 Å². The Morgan fingerprint density at radius 3 is 1.46 bits per heavy atom. The van der Waals surface area contributed by atoms with Crippen LogP contribution in [0.4, 0.5) is 4.79 Å². The Hall–Kier alpha value is -2.89. The zero-order valence-corrected chi connectivity index (χ0v) is 25.2. The summed E-state index contributed by atoms with van der Waals surface area (Å²) in [6.07, 6.45) is 1.09. The van der Waals surface area contributed by atoms with E-state index in [1.807, 2.05) is 0 Å². The minimum absolute atomic E-state index is 0.146. The minimum Gasteiger partial charge on any atom is -0.465 e. The fraction of sp³-hybridized carbons (Fsp3) is 0.815. The van der Waals surface area contributed by atoms with E-state index < -0.39 is 28.5 Å². The van der Waals surface area contributed by atoms with Crippen LogP contribution in [0, 0.1) is 10.8 Å². The number of hydrogen-bond acceptors (Lipinski definition) is 9. The number of likely N-dealkylation sites (tertiary alicyclic amines) is 1. The third-order valence-corrected chi connectivity index (χ3v) is 6.69. The summed E-state index contributed by atoms with van der Waals surface area (Å²) in [5, 5.41) is 3.15. The van der Waals surface area contributed by atoms with Gasteiger partial charge in [0.1, 0.15) is 16.4 Å². The van der Waals surface area contributed by atoms with E-state index in [-0.39, 0.29) is 50.3 Å². The molecule has 224 valence electrons. The Morgan fingerprint density at radius 2 is 1.13 bits per heavy atom. The first-order valence-corrected chi connectivity index (χ1v) is 13.5. The Bertz CT molecular complexity index is 868. The van der Waals surface area contributed by atoms with E-state index in [1.165, 1.54) is 14.7 Å². The van der Waals surface area contributed by atoms with Crippen molar-refractivity contribution in [2.45, 2.75) is 65.9 Å². The summed E-state index contributed by atoms with van der Waals surface area (Å²) in [5.41, 5.74) is -2.75. The van der Waals surface area contributed by atoms with Crippen molar-refractivity contribution in [1.82, 2.24) is 20.0 Å². The Labute approximate surface area is 232 Å². The lowest BCUT2D eigenvalue weighted by Gasteiger charge is -2.40. The minimum atomic E-state index is -1.21. The van der Waals surface area contributed by atoms with Crippen LogP contribution < -0.4 is 5.32 Å². The maximum atomic E-state index is 12.5. The Morgan fingerprint density at radius 1 is 0.744 bits per heavy atom. The van der Waals surface area contributed by atoms with Crippen molar-refractivity contribution in [2.24, 2.45) is 10.8 Å². The quantitative estimate of drug-likeness (QED) is 0.294. The van der Waals surface area contributed by atoms with Crippen LogP contribution >= 0.6 is 0 Å². The SMILES string of the molecule is CCOC(=O)C1(C(=O)N(C)C)CCN(C(=O)OC(C)(C)C)CC1.CCOC(=O)C1(C(=O)N(C)C)CCNCC1. The summed E-state index contributed by atoms with van der Waals surface area (Å²) in [4.78, 5) is 65.5. The van der Waals surface area contributed by atoms with Crippen molar-refractivity contribution in [3.8, 4) is 0 Å². The van der Waals surface area contributed by atoms with Gasteiger partial charge in [0.2, 0.25) is 11.8 Å². The molecule has 2 rings (SSSR count). The zero-order valence-electron chi connectivity index (χ0n) is 25.2. The van der Waals surface area contributed by atoms with Crippen molar-refractivity contribution < 1.29 is 38.2 Å². The van der Waals surface area contributed by atoms with Crippen LogP contribution in [0.15, 0.2) is 0 Å². The van der Waals surface area contributed by atoms with Gasteiger partial charge in [0, 0.05) is 41.3 Å². The van der Waals surface area contributed by atoms with Crippen LogP contribution in [0.5, 0.6) is 0 Å². The van der Waals surface area contributed by atoms with Gasteiger partial charge in [-0.2, -0.15) is 0 Å². The second-order valence-corrected chi connectivity index (χ2v) is 11.2. The summed E-state index contributed by atoms with van der Waals surface area (Å²) in [5.74, 6) is -1.31. The van der Waals surface area contributed by atoms with Crippen molar-refractivity contribution in [1.29, 1.82) is 0 Å². The lowest BCUT2D eigenvalue weighted by Crippen LogP contribution is -2.54. The first-order valence-electron chi connectivity index (χ1n) is 13.5. The largest absolute Gasteiger partial charge is 0.465 e. The third kappa shape index (κ3) is 8.81. The molecule has 2 aliphatic rings. The van der Waals surface area contributed by atoms with E-state index in [0.29, 0.717) is 32.5 Å². The highest BCUT2D eigenvalue weighted by molar-refractivity contribution is 6.03. The number of ether oxygens (including phenoxy) is 3. The average Bonchev–Trinajstić information content (AvgIpc) is 2.87. The van der Waals surface area contributed by atoms with E-state index in [4.69, 9.17) is 14.2 Å². The summed E-state index contributed by atoms with van der Waals surface area (Å²) in [7, 11) is 6.57. The molecule has 2 saturated heterocycles. The van der Waals surface area contributed by atoms with E-state index in [1.54, 1.807) is 62.8 Å². The van der Waals surface area contributed by atoms with E-state index >= 15 is 0 Å². The highest BCUT2D eigenvalue weighted by atomic mass is 16.6. The van der Waals surface area contributed by atoms with Crippen LogP contribution in [0.3, 0.4) is 0 Å². The van der Waals surface area contributed by atoms with Gasteiger partial charge in [-0.25, -0.2) is 4.79 Å². The molecule has 0 saturated carbocycles. The van der Waals surface area contributed by atoms with Gasteiger partial charge in [0.25, 0.3) is 0 Å². The topological polar surface area (TPSA) is 135 Å². The number of nitrogens with one attached hydrogen (secondary N) is 1. The fourth-order valence-corrected chi connectivity index (χ4v) is 4.66. The molecule has 3 amide bonds. The molecule has 2 heterocycles. The molecule has 12 heteroatoms. The van der Waals surface area contributed by atoms with Gasteiger partial charge >= 0.3 is 18.0 Å².